The second-order valence-corrected chi connectivity index (χ2v) is 5.65. The predicted octanol–water partition coefficient (Wildman–Crippen LogP) is 1.69. The van der Waals surface area contributed by atoms with Gasteiger partial charge in [0.2, 0.25) is 11.8 Å². The van der Waals surface area contributed by atoms with Crippen LogP contribution in [-0.4, -0.2) is 34.8 Å². The van der Waals surface area contributed by atoms with Crippen LogP contribution < -0.4 is 5.32 Å². The molecule has 1 heterocycles. The molecule has 4 heteroatoms. The molecule has 2 aliphatic rings. The van der Waals surface area contributed by atoms with Crippen LogP contribution >= 0.6 is 0 Å². The number of hydrogen-bond donors (Lipinski definition) is 1. The summed E-state index contributed by atoms with van der Waals surface area (Å²) in [6.45, 7) is 6.21. The second kappa shape index (κ2) is 5.29. The van der Waals surface area contributed by atoms with Crippen molar-refractivity contribution in [3.63, 3.8) is 0 Å². The van der Waals surface area contributed by atoms with E-state index in [4.69, 9.17) is 0 Å². The summed E-state index contributed by atoms with van der Waals surface area (Å²) in [7, 11) is 0. The number of nitrogens with one attached hydrogen (secondary N) is 1. The molecule has 2 unspecified atom stereocenters. The number of hydrogen-bond acceptors (Lipinski definition) is 2. The highest BCUT2D eigenvalue weighted by Gasteiger charge is 2.43. The normalized spacial score (nSPS) is 29.4. The Kier molecular flexibility index (Phi) is 3.93. The minimum absolute atomic E-state index is 0.0196. The third kappa shape index (κ3) is 2.52. The topological polar surface area (TPSA) is 49.4 Å². The highest BCUT2D eigenvalue weighted by Crippen LogP contribution is 2.35. The molecule has 0 aromatic carbocycles. The van der Waals surface area contributed by atoms with Gasteiger partial charge in [-0.15, -0.1) is 0 Å². The Labute approximate surface area is 109 Å². The monoisotopic (exact) mass is 252 g/mol. The molecule has 1 N–H and O–H groups in total. The minimum atomic E-state index is -0.261. The number of carbonyl (C=O) groups excluding carboxylic acids is 2. The summed E-state index contributed by atoms with van der Waals surface area (Å²) in [4.78, 5) is 26.5. The standard InChI is InChI=1S/C14H24N2O2/c1-4-11(5-2)16-9(3)8-12(17)15-13(14(16)18)10-6-7-10/h9-11,13H,4-8H2,1-3H3,(H,15,17). The van der Waals surface area contributed by atoms with Gasteiger partial charge in [0.25, 0.3) is 0 Å². The SMILES string of the molecule is CCC(CC)N1C(=O)C(C2CC2)NC(=O)CC1C. The maximum atomic E-state index is 12.7. The minimum Gasteiger partial charge on any atom is -0.344 e. The maximum Gasteiger partial charge on any atom is 0.245 e. The molecule has 2 fully saturated rings. The first-order chi connectivity index (χ1) is 8.58. The van der Waals surface area contributed by atoms with Gasteiger partial charge in [-0.05, 0) is 38.5 Å². The van der Waals surface area contributed by atoms with Gasteiger partial charge < -0.3 is 10.2 Å². The van der Waals surface area contributed by atoms with Gasteiger partial charge in [-0.3, -0.25) is 9.59 Å². The molecule has 1 saturated carbocycles. The van der Waals surface area contributed by atoms with E-state index in [1.165, 1.54) is 0 Å². The molecule has 0 radical (unpaired) electrons. The number of nitrogens with zero attached hydrogens (tertiary/aromatic N) is 1. The molecular weight excluding hydrogens is 228 g/mol. The van der Waals surface area contributed by atoms with E-state index in [9.17, 15) is 9.59 Å². The van der Waals surface area contributed by atoms with Crippen LogP contribution in [0.2, 0.25) is 0 Å². The Balaban J connectivity index is 2.23. The lowest BCUT2D eigenvalue weighted by atomic mass is 10.0. The van der Waals surface area contributed by atoms with Gasteiger partial charge in [-0.25, -0.2) is 0 Å². The molecule has 2 rings (SSSR count). The lowest BCUT2D eigenvalue weighted by Crippen LogP contribution is -2.51. The van der Waals surface area contributed by atoms with Crippen molar-refractivity contribution in [3.05, 3.63) is 0 Å². The van der Waals surface area contributed by atoms with Crippen molar-refractivity contribution in [1.82, 2.24) is 10.2 Å². The Morgan fingerprint density at radius 1 is 1.28 bits per heavy atom. The van der Waals surface area contributed by atoms with Gasteiger partial charge in [-0.1, -0.05) is 13.8 Å². The average Bonchev–Trinajstić information content (AvgIpc) is 3.15. The van der Waals surface area contributed by atoms with Gasteiger partial charge in [0, 0.05) is 18.5 Å². The van der Waals surface area contributed by atoms with Crippen LogP contribution in [0.3, 0.4) is 0 Å². The Morgan fingerprint density at radius 2 is 1.89 bits per heavy atom. The first-order valence-corrected chi connectivity index (χ1v) is 7.20. The molecular formula is C14H24N2O2. The zero-order chi connectivity index (χ0) is 13.3. The van der Waals surface area contributed by atoms with E-state index in [2.05, 4.69) is 19.2 Å². The van der Waals surface area contributed by atoms with Crippen molar-refractivity contribution in [2.75, 3.05) is 0 Å². The van der Waals surface area contributed by atoms with Crippen LogP contribution in [0.4, 0.5) is 0 Å². The first kappa shape index (κ1) is 13.4. The molecule has 18 heavy (non-hydrogen) atoms. The van der Waals surface area contributed by atoms with Crippen molar-refractivity contribution in [1.29, 1.82) is 0 Å². The van der Waals surface area contributed by atoms with E-state index < -0.39 is 0 Å². The smallest absolute Gasteiger partial charge is 0.245 e. The molecule has 1 aliphatic heterocycles. The van der Waals surface area contributed by atoms with Crippen molar-refractivity contribution < 1.29 is 9.59 Å². The lowest BCUT2D eigenvalue weighted by Gasteiger charge is -2.35. The summed E-state index contributed by atoms with van der Waals surface area (Å²) in [6, 6.07) is 0.0237. The Bertz CT molecular complexity index is 335. The summed E-state index contributed by atoms with van der Waals surface area (Å²) in [5, 5.41) is 2.92. The summed E-state index contributed by atoms with van der Waals surface area (Å²) < 4.78 is 0. The van der Waals surface area contributed by atoms with E-state index in [0.717, 1.165) is 25.7 Å². The third-order valence-corrected chi connectivity index (χ3v) is 4.22. The summed E-state index contributed by atoms with van der Waals surface area (Å²) in [6.07, 6.45) is 4.49. The van der Waals surface area contributed by atoms with Gasteiger partial charge in [-0.2, -0.15) is 0 Å². The molecule has 1 aliphatic carbocycles. The zero-order valence-electron chi connectivity index (χ0n) is 11.6. The fourth-order valence-corrected chi connectivity index (χ4v) is 3.01. The van der Waals surface area contributed by atoms with E-state index in [-0.39, 0.29) is 29.9 Å². The zero-order valence-corrected chi connectivity index (χ0v) is 11.6. The largest absolute Gasteiger partial charge is 0.344 e. The van der Waals surface area contributed by atoms with Crippen molar-refractivity contribution in [2.24, 2.45) is 5.92 Å². The fraction of sp³-hybridized carbons (Fsp3) is 0.857. The number of rotatable bonds is 4. The van der Waals surface area contributed by atoms with Crippen LogP contribution in [0.5, 0.6) is 0 Å². The predicted molar refractivity (Wildman–Crippen MR) is 69.9 cm³/mol. The summed E-state index contributed by atoms with van der Waals surface area (Å²) in [5.41, 5.74) is 0. The van der Waals surface area contributed by atoms with Gasteiger partial charge in [0.1, 0.15) is 6.04 Å². The summed E-state index contributed by atoms with van der Waals surface area (Å²) in [5.74, 6) is 0.550. The van der Waals surface area contributed by atoms with Gasteiger partial charge >= 0.3 is 0 Å². The van der Waals surface area contributed by atoms with Crippen molar-refractivity contribution in [2.45, 2.75) is 71.0 Å². The molecule has 0 spiro atoms. The Hall–Kier alpha value is -1.06. The molecule has 2 amide bonds. The van der Waals surface area contributed by atoms with E-state index in [1.807, 2.05) is 11.8 Å². The third-order valence-electron chi connectivity index (χ3n) is 4.22. The molecule has 102 valence electrons. The molecule has 0 aromatic heterocycles. The highest BCUT2D eigenvalue weighted by molar-refractivity contribution is 5.91. The van der Waals surface area contributed by atoms with Crippen LogP contribution in [0.15, 0.2) is 0 Å². The van der Waals surface area contributed by atoms with Crippen molar-refractivity contribution >= 4 is 11.8 Å². The van der Waals surface area contributed by atoms with Crippen molar-refractivity contribution in [3.8, 4) is 0 Å². The number of amides is 2. The summed E-state index contributed by atoms with van der Waals surface area (Å²) >= 11 is 0. The lowest BCUT2D eigenvalue weighted by molar-refractivity contribution is -0.138. The fourth-order valence-electron chi connectivity index (χ4n) is 3.01. The maximum absolute atomic E-state index is 12.7. The Morgan fingerprint density at radius 3 is 2.39 bits per heavy atom. The second-order valence-electron chi connectivity index (χ2n) is 5.65. The van der Waals surface area contributed by atoms with Gasteiger partial charge in [0.15, 0.2) is 0 Å². The molecule has 4 nitrogen and oxygen atoms in total. The molecule has 0 aromatic rings. The van der Waals surface area contributed by atoms with E-state index in [0.29, 0.717) is 12.3 Å². The van der Waals surface area contributed by atoms with E-state index in [1.54, 1.807) is 0 Å². The van der Waals surface area contributed by atoms with Crippen LogP contribution in [-0.2, 0) is 9.59 Å². The number of carbonyl (C=O) groups is 2. The average molecular weight is 252 g/mol. The molecule has 2 atom stereocenters. The van der Waals surface area contributed by atoms with Gasteiger partial charge in [0.05, 0.1) is 0 Å². The van der Waals surface area contributed by atoms with E-state index >= 15 is 0 Å². The quantitative estimate of drug-likeness (QED) is 0.827. The first-order valence-electron chi connectivity index (χ1n) is 7.20. The highest BCUT2D eigenvalue weighted by atomic mass is 16.2. The molecule has 0 bridgehead atoms. The van der Waals surface area contributed by atoms with Crippen LogP contribution in [0.25, 0.3) is 0 Å². The van der Waals surface area contributed by atoms with Crippen LogP contribution in [0, 0.1) is 5.92 Å². The van der Waals surface area contributed by atoms with Crippen LogP contribution in [0.1, 0.15) is 52.9 Å². The molecule has 1 saturated heterocycles.